The number of halogens is 1. The Kier molecular flexibility index (Phi) is 5.16. The second kappa shape index (κ2) is 6.64. The fourth-order valence-corrected chi connectivity index (χ4v) is 2.57. The van der Waals surface area contributed by atoms with Crippen LogP contribution in [0.2, 0.25) is 5.02 Å². The second-order valence-electron chi connectivity index (χ2n) is 4.47. The van der Waals surface area contributed by atoms with E-state index < -0.39 is 0 Å². The minimum Gasteiger partial charge on any atom is -0.300 e. The van der Waals surface area contributed by atoms with Crippen LogP contribution in [0.5, 0.6) is 0 Å². The predicted octanol–water partition coefficient (Wildman–Crippen LogP) is 2.39. The van der Waals surface area contributed by atoms with E-state index >= 15 is 0 Å². The quantitative estimate of drug-likeness (QED) is 0.840. The fourth-order valence-electron chi connectivity index (χ4n) is 2.16. The first kappa shape index (κ1) is 13.2. The summed E-state index contributed by atoms with van der Waals surface area (Å²) in [5.74, 6) is 0.956. The number of benzene rings is 1. The lowest BCUT2D eigenvalue weighted by molar-refractivity contribution is 0.133. The van der Waals surface area contributed by atoms with Gasteiger partial charge in [0.2, 0.25) is 0 Å². The minimum atomic E-state index is 0.812. The monoisotopic (exact) mass is 270 g/mol. The van der Waals surface area contributed by atoms with E-state index in [0.29, 0.717) is 0 Å². The van der Waals surface area contributed by atoms with Gasteiger partial charge >= 0.3 is 0 Å². The number of thiol groups is 1. The first-order chi connectivity index (χ1) is 8.28. The highest BCUT2D eigenvalue weighted by atomic mass is 35.5. The molecule has 1 saturated heterocycles. The zero-order chi connectivity index (χ0) is 12.1. The molecule has 1 aromatic carbocycles. The van der Waals surface area contributed by atoms with Gasteiger partial charge in [0.25, 0.3) is 0 Å². The summed E-state index contributed by atoms with van der Waals surface area (Å²) in [5.41, 5.74) is 1.34. The molecule has 2 rings (SSSR count). The molecule has 94 valence electrons. The van der Waals surface area contributed by atoms with E-state index in [1.165, 1.54) is 5.56 Å². The summed E-state index contributed by atoms with van der Waals surface area (Å²) in [6.07, 6.45) is 0. The predicted molar refractivity (Wildman–Crippen MR) is 77.0 cm³/mol. The smallest absolute Gasteiger partial charge is 0.0406 e. The van der Waals surface area contributed by atoms with E-state index in [-0.39, 0.29) is 0 Å². The Morgan fingerprint density at radius 1 is 1.00 bits per heavy atom. The Balaban J connectivity index is 1.79. The molecule has 0 aliphatic carbocycles. The van der Waals surface area contributed by atoms with Gasteiger partial charge in [-0.05, 0) is 17.7 Å². The summed E-state index contributed by atoms with van der Waals surface area (Å²) in [5, 5.41) is 0.812. The molecule has 1 aliphatic heterocycles. The average Bonchev–Trinajstić information content (AvgIpc) is 2.35. The van der Waals surface area contributed by atoms with Crippen LogP contribution in [-0.4, -0.2) is 48.3 Å². The van der Waals surface area contributed by atoms with Crippen molar-refractivity contribution < 1.29 is 0 Å². The van der Waals surface area contributed by atoms with Gasteiger partial charge in [0.05, 0.1) is 0 Å². The Labute approximate surface area is 114 Å². The molecular weight excluding hydrogens is 252 g/mol. The van der Waals surface area contributed by atoms with Crippen LogP contribution < -0.4 is 0 Å². The molecule has 0 unspecified atom stereocenters. The molecular formula is C13H19ClN2S. The lowest BCUT2D eigenvalue weighted by Gasteiger charge is -2.34. The van der Waals surface area contributed by atoms with E-state index in [1.807, 2.05) is 12.1 Å². The maximum atomic E-state index is 5.88. The Morgan fingerprint density at radius 2 is 1.59 bits per heavy atom. The summed E-state index contributed by atoms with van der Waals surface area (Å²) in [6, 6.07) is 8.16. The van der Waals surface area contributed by atoms with Gasteiger partial charge < -0.3 is 0 Å². The van der Waals surface area contributed by atoms with E-state index in [0.717, 1.165) is 50.0 Å². The third-order valence-electron chi connectivity index (χ3n) is 3.20. The maximum absolute atomic E-state index is 5.88. The number of nitrogens with zero attached hydrogens (tertiary/aromatic N) is 2. The highest BCUT2D eigenvalue weighted by Crippen LogP contribution is 2.12. The summed E-state index contributed by atoms with van der Waals surface area (Å²) >= 11 is 10.2. The van der Waals surface area contributed by atoms with Crippen molar-refractivity contribution in [3.63, 3.8) is 0 Å². The van der Waals surface area contributed by atoms with Gasteiger partial charge in [-0.25, -0.2) is 0 Å². The van der Waals surface area contributed by atoms with Crippen molar-refractivity contribution >= 4 is 24.2 Å². The molecule has 0 atom stereocenters. The molecule has 0 radical (unpaired) electrons. The third-order valence-corrected chi connectivity index (χ3v) is 3.65. The topological polar surface area (TPSA) is 6.48 Å². The molecule has 0 amide bonds. The first-order valence-corrected chi connectivity index (χ1v) is 7.09. The van der Waals surface area contributed by atoms with Crippen molar-refractivity contribution in [3.05, 3.63) is 34.9 Å². The zero-order valence-corrected chi connectivity index (χ0v) is 11.6. The third kappa shape index (κ3) is 4.18. The van der Waals surface area contributed by atoms with E-state index in [9.17, 15) is 0 Å². The highest BCUT2D eigenvalue weighted by Gasteiger charge is 2.15. The number of piperazine rings is 1. The van der Waals surface area contributed by atoms with Crippen molar-refractivity contribution in [1.29, 1.82) is 0 Å². The van der Waals surface area contributed by atoms with E-state index in [1.54, 1.807) is 0 Å². The molecule has 1 heterocycles. The summed E-state index contributed by atoms with van der Waals surface area (Å²) in [7, 11) is 0. The minimum absolute atomic E-state index is 0.812. The second-order valence-corrected chi connectivity index (χ2v) is 5.35. The van der Waals surface area contributed by atoms with Gasteiger partial charge in [-0.3, -0.25) is 9.80 Å². The van der Waals surface area contributed by atoms with Crippen LogP contribution in [0.15, 0.2) is 24.3 Å². The van der Waals surface area contributed by atoms with Crippen molar-refractivity contribution in [2.24, 2.45) is 0 Å². The first-order valence-electron chi connectivity index (χ1n) is 6.08. The van der Waals surface area contributed by atoms with Crippen LogP contribution >= 0.6 is 24.2 Å². The van der Waals surface area contributed by atoms with Gasteiger partial charge in [0.1, 0.15) is 0 Å². The van der Waals surface area contributed by atoms with Crippen LogP contribution in [0.25, 0.3) is 0 Å². The van der Waals surface area contributed by atoms with Gasteiger partial charge in [-0.15, -0.1) is 0 Å². The average molecular weight is 271 g/mol. The molecule has 0 aromatic heterocycles. The molecule has 1 fully saturated rings. The standard InChI is InChI=1S/C13H19ClN2S/c14-13-3-1-12(2-4-13)11-16-7-5-15(6-8-16)9-10-17/h1-4,17H,5-11H2. The zero-order valence-electron chi connectivity index (χ0n) is 9.98. The van der Waals surface area contributed by atoms with Crippen molar-refractivity contribution in [2.75, 3.05) is 38.5 Å². The molecule has 0 N–H and O–H groups in total. The van der Waals surface area contributed by atoms with Crippen molar-refractivity contribution in [3.8, 4) is 0 Å². The Morgan fingerprint density at radius 3 is 2.18 bits per heavy atom. The summed E-state index contributed by atoms with van der Waals surface area (Å²) in [4.78, 5) is 4.98. The molecule has 0 saturated carbocycles. The molecule has 0 spiro atoms. The normalized spacial score (nSPS) is 18.5. The largest absolute Gasteiger partial charge is 0.300 e. The Bertz CT molecular complexity index is 334. The van der Waals surface area contributed by atoms with Gasteiger partial charge in [0.15, 0.2) is 0 Å². The maximum Gasteiger partial charge on any atom is 0.0406 e. The highest BCUT2D eigenvalue weighted by molar-refractivity contribution is 7.80. The summed E-state index contributed by atoms with van der Waals surface area (Å²) in [6.45, 7) is 6.76. The molecule has 4 heteroatoms. The van der Waals surface area contributed by atoms with Crippen LogP contribution in [0.3, 0.4) is 0 Å². The Hall–Kier alpha value is -0.220. The van der Waals surface area contributed by atoms with Crippen LogP contribution in [0.4, 0.5) is 0 Å². The SMILES string of the molecule is SCCN1CCN(Cc2ccc(Cl)cc2)CC1. The molecule has 0 bridgehead atoms. The van der Waals surface area contributed by atoms with E-state index in [2.05, 4.69) is 34.6 Å². The lowest BCUT2D eigenvalue weighted by atomic mass is 10.2. The molecule has 2 nitrogen and oxygen atoms in total. The molecule has 1 aromatic rings. The van der Waals surface area contributed by atoms with Gasteiger partial charge in [-0.1, -0.05) is 23.7 Å². The number of rotatable bonds is 4. The van der Waals surface area contributed by atoms with Gasteiger partial charge in [0, 0.05) is 50.0 Å². The number of hydrogen-bond acceptors (Lipinski definition) is 3. The number of hydrogen-bond donors (Lipinski definition) is 1. The van der Waals surface area contributed by atoms with Crippen LogP contribution in [0.1, 0.15) is 5.56 Å². The van der Waals surface area contributed by atoms with Crippen LogP contribution in [0, 0.1) is 0 Å². The lowest BCUT2D eigenvalue weighted by Crippen LogP contribution is -2.46. The summed E-state index contributed by atoms with van der Waals surface area (Å²) < 4.78 is 0. The van der Waals surface area contributed by atoms with E-state index in [4.69, 9.17) is 11.6 Å². The van der Waals surface area contributed by atoms with Crippen molar-refractivity contribution in [1.82, 2.24) is 9.80 Å². The van der Waals surface area contributed by atoms with Crippen LogP contribution in [-0.2, 0) is 6.54 Å². The van der Waals surface area contributed by atoms with Gasteiger partial charge in [-0.2, -0.15) is 12.6 Å². The molecule has 17 heavy (non-hydrogen) atoms. The fraction of sp³-hybridized carbons (Fsp3) is 0.538. The molecule has 1 aliphatic rings. The van der Waals surface area contributed by atoms with Crippen molar-refractivity contribution in [2.45, 2.75) is 6.54 Å².